The Bertz CT molecular complexity index is 1660. The number of amides is 3. The Kier molecular flexibility index (Phi) is 13.4. The summed E-state index contributed by atoms with van der Waals surface area (Å²) < 4.78 is 0. The molecule has 0 fully saturated rings. The van der Waals surface area contributed by atoms with Crippen molar-refractivity contribution in [2.45, 2.75) is 57.2 Å². The Morgan fingerprint density at radius 3 is 1.94 bits per heavy atom. The maximum Gasteiger partial charge on any atom is 0.246 e. The summed E-state index contributed by atoms with van der Waals surface area (Å²) in [6.07, 6.45) is 8.73. The van der Waals surface area contributed by atoms with Gasteiger partial charge >= 0.3 is 0 Å². The molecule has 4 rings (SSSR count). The highest BCUT2D eigenvalue weighted by Gasteiger charge is 2.34. The van der Waals surface area contributed by atoms with Crippen molar-refractivity contribution < 1.29 is 14.4 Å². The van der Waals surface area contributed by atoms with Gasteiger partial charge in [-0.3, -0.25) is 19.4 Å². The molecule has 0 bridgehead atoms. The van der Waals surface area contributed by atoms with E-state index in [1.807, 2.05) is 98.1 Å². The molecule has 3 aromatic carbocycles. The maximum atomic E-state index is 14.5. The van der Waals surface area contributed by atoms with Crippen LogP contribution in [0, 0.1) is 0 Å². The summed E-state index contributed by atoms with van der Waals surface area (Å²) in [4.78, 5) is 48.9. The Balaban J connectivity index is 1.59. The molecule has 1 aromatic heterocycles. The Hall–Kier alpha value is -5.08. The van der Waals surface area contributed by atoms with Crippen molar-refractivity contribution in [1.82, 2.24) is 25.4 Å². The van der Waals surface area contributed by atoms with E-state index in [9.17, 15) is 14.4 Å². The van der Waals surface area contributed by atoms with Gasteiger partial charge in [0.05, 0.1) is 0 Å². The molecule has 0 saturated carbocycles. The second-order valence-electron chi connectivity index (χ2n) is 13.0. The van der Waals surface area contributed by atoms with Gasteiger partial charge in [0.25, 0.3) is 0 Å². The molecule has 3 amide bonds. The van der Waals surface area contributed by atoms with E-state index < -0.39 is 12.1 Å². The van der Waals surface area contributed by atoms with Gasteiger partial charge in [-0.1, -0.05) is 91.0 Å². The van der Waals surface area contributed by atoms with E-state index in [0.29, 0.717) is 25.8 Å². The zero-order chi connectivity index (χ0) is 35.2. The lowest BCUT2D eigenvalue weighted by Gasteiger charge is -2.34. The van der Waals surface area contributed by atoms with Crippen LogP contribution in [0.1, 0.15) is 37.0 Å². The fraction of sp³-hybridized carbons (Fsp3) is 0.317. The SMILES string of the molecule is CNC(C)(C)CC=CC(=O)N(C)[C@H](Cc1ccc(-c2ccccc2)cc1)C(=O)N(C)[C@H](Cc1ccccc1)C(=O)NCCc1ccncc1. The van der Waals surface area contributed by atoms with E-state index in [1.54, 1.807) is 26.5 Å². The molecule has 8 heteroatoms. The second-order valence-corrected chi connectivity index (χ2v) is 13.0. The van der Waals surface area contributed by atoms with Crippen molar-refractivity contribution >= 4 is 17.7 Å². The highest BCUT2D eigenvalue weighted by Crippen LogP contribution is 2.22. The predicted octanol–water partition coefficient (Wildman–Crippen LogP) is 5.49. The summed E-state index contributed by atoms with van der Waals surface area (Å²) in [6, 6.07) is 30.0. The Morgan fingerprint density at radius 1 is 0.735 bits per heavy atom. The first-order valence-electron chi connectivity index (χ1n) is 16.8. The number of rotatable bonds is 16. The third kappa shape index (κ3) is 11.0. The zero-order valence-electron chi connectivity index (χ0n) is 29.3. The molecule has 0 unspecified atom stereocenters. The van der Waals surface area contributed by atoms with Gasteiger partial charge < -0.3 is 20.4 Å². The summed E-state index contributed by atoms with van der Waals surface area (Å²) in [5.74, 6) is -0.832. The number of nitrogens with zero attached hydrogens (tertiary/aromatic N) is 3. The number of benzene rings is 3. The number of carbonyl (C=O) groups is 3. The molecule has 1 heterocycles. The van der Waals surface area contributed by atoms with E-state index in [-0.39, 0.29) is 29.7 Å². The van der Waals surface area contributed by atoms with Crippen molar-refractivity contribution in [3.8, 4) is 11.1 Å². The van der Waals surface area contributed by atoms with Crippen molar-refractivity contribution in [3.05, 3.63) is 138 Å². The molecule has 8 nitrogen and oxygen atoms in total. The Labute approximate surface area is 291 Å². The average Bonchev–Trinajstić information content (AvgIpc) is 3.13. The summed E-state index contributed by atoms with van der Waals surface area (Å²) in [5, 5.41) is 6.28. The molecule has 0 saturated heterocycles. The van der Waals surface area contributed by atoms with Crippen LogP contribution in [0.5, 0.6) is 0 Å². The number of hydrogen-bond donors (Lipinski definition) is 2. The minimum absolute atomic E-state index is 0.180. The summed E-state index contributed by atoms with van der Waals surface area (Å²) in [5.41, 5.74) is 4.89. The first-order chi connectivity index (χ1) is 23.6. The van der Waals surface area contributed by atoms with Crippen LogP contribution in [0.4, 0.5) is 0 Å². The molecule has 0 radical (unpaired) electrons. The van der Waals surface area contributed by atoms with Crippen molar-refractivity contribution in [2.75, 3.05) is 27.7 Å². The molecule has 49 heavy (non-hydrogen) atoms. The fourth-order valence-corrected chi connectivity index (χ4v) is 5.53. The molecular weight excluding hydrogens is 610 g/mol. The van der Waals surface area contributed by atoms with Crippen LogP contribution in [0.2, 0.25) is 0 Å². The summed E-state index contributed by atoms with van der Waals surface area (Å²) in [7, 11) is 5.20. The van der Waals surface area contributed by atoms with Gasteiger partial charge in [-0.2, -0.15) is 0 Å². The normalized spacial score (nSPS) is 12.7. The molecule has 2 atom stereocenters. The van der Waals surface area contributed by atoms with Gasteiger partial charge in [0.2, 0.25) is 17.7 Å². The predicted molar refractivity (Wildman–Crippen MR) is 197 cm³/mol. The molecule has 256 valence electrons. The second kappa shape index (κ2) is 17.9. The van der Waals surface area contributed by atoms with Gasteiger partial charge in [0.1, 0.15) is 12.1 Å². The molecule has 2 N–H and O–H groups in total. The smallest absolute Gasteiger partial charge is 0.246 e. The van der Waals surface area contributed by atoms with Crippen molar-refractivity contribution in [3.63, 3.8) is 0 Å². The van der Waals surface area contributed by atoms with Crippen molar-refractivity contribution in [2.24, 2.45) is 0 Å². The maximum absolute atomic E-state index is 14.5. The first kappa shape index (κ1) is 36.8. The van der Waals surface area contributed by atoms with Gasteiger partial charge in [0.15, 0.2) is 0 Å². The van der Waals surface area contributed by atoms with E-state index in [0.717, 1.165) is 27.8 Å². The Morgan fingerprint density at radius 2 is 1.31 bits per heavy atom. The van der Waals surface area contributed by atoms with Crippen molar-refractivity contribution in [1.29, 1.82) is 0 Å². The zero-order valence-corrected chi connectivity index (χ0v) is 29.3. The van der Waals surface area contributed by atoms with Gasteiger partial charge in [-0.15, -0.1) is 0 Å². The number of hydrogen-bond acceptors (Lipinski definition) is 5. The van der Waals surface area contributed by atoms with Gasteiger partial charge in [-0.25, -0.2) is 0 Å². The average molecular weight is 660 g/mol. The molecule has 0 aliphatic heterocycles. The molecule has 0 aliphatic carbocycles. The largest absolute Gasteiger partial charge is 0.354 e. The third-order valence-electron chi connectivity index (χ3n) is 9.01. The van der Waals surface area contributed by atoms with E-state index in [2.05, 4.69) is 41.6 Å². The molecule has 4 aromatic rings. The van der Waals surface area contributed by atoms with Crippen LogP contribution in [0.3, 0.4) is 0 Å². The summed E-state index contributed by atoms with van der Waals surface area (Å²) in [6.45, 7) is 4.53. The van der Waals surface area contributed by atoms with E-state index >= 15 is 0 Å². The monoisotopic (exact) mass is 659 g/mol. The van der Waals surface area contributed by atoms with Crippen LogP contribution in [-0.2, 0) is 33.6 Å². The van der Waals surface area contributed by atoms with Crippen LogP contribution < -0.4 is 10.6 Å². The minimum Gasteiger partial charge on any atom is -0.354 e. The fourth-order valence-electron chi connectivity index (χ4n) is 5.53. The van der Waals surface area contributed by atoms with Crippen LogP contribution in [0.15, 0.2) is 122 Å². The molecule has 0 spiro atoms. The minimum atomic E-state index is -0.843. The van der Waals surface area contributed by atoms with Crippen LogP contribution in [-0.4, -0.2) is 77.8 Å². The summed E-state index contributed by atoms with van der Waals surface area (Å²) >= 11 is 0. The highest BCUT2D eigenvalue weighted by atomic mass is 16.2. The van der Waals surface area contributed by atoms with Gasteiger partial charge in [-0.05, 0) is 79.8 Å². The third-order valence-corrected chi connectivity index (χ3v) is 9.01. The number of carbonyl (C=O) groups excluding carboxylic acids is 3. The molecular formula is C41H49N5O3. The topological polar surface area (TPSA) is 94.6 Å². The lowest BCUT2D eigenvalue weighted by atomic mass is 9.98. The quantitative estimate of drug-likeness (QED) is 0.155. The first-order valence-corrected chi connectivity index (χ1v) is 16.8. The van der Waals surface area contributed by atoms with E-state index in [4.69, 9.17) is 0 Å². The van der Waals surface area contributed by atoms with Crippen LogP contribution >= 0.6 is 0 Å². The van der Waals surface area contributed by atoms with Gasteiger partial charge in [0, 0.05) is 51.4 Å². The standard InChI is InChI=1S/C41H49N5O3/c1-41(2,42-3)25-12-17-38(47)45(4)37(30-33-18-20-35(21-19-33)34-15-10-7-11-16-34)40(49)46(5)36(29-32-13-8-6-9-14-32)39(48)44-28-24-31-22-26-43-27-23-31/h6-23,26-27,36-37,42H,24-25,28-30H2,1-5H3,(H,44,48)/t36-,37-/m1/s1. The number of aromatic nitrogens is 1. The molecule has 0 aliphatic rings. The highest BCUT2D eigenvalue weighted by molar-refractivity contribution is 5.95. The van der Waals surface area contributed by atoms with Crippen LogP contribution in [0.25, 0.3) is 11.1 Å². The lowest BCUT2D eigenvalue weighted by Crippen LogP contribution is -2.56. The number of pyridine rings is 1. The van der Waals surface area contributed by atoms with E-state index in [1.165, 1.54) is 15.9 Å². The number of likely N-dealkylation sites (N-methyl/N-ethyl adjacent to an activating group) is 2. The number of nitrogens with one attached hydrogen (secondary N) is 2. The lowest BCUT2D eigenvalue weighted by molar-refractivity contribution is -0.146.